The molecule has 4 nitrogen and oxygen atoms in total. The minimum atomic E-state index is 0.758. The van der Waals surface area contributed by atoms with E-state index in [0.29, 0.717) is 0 Å². The average molecular weight is 472 g/mol. The summed E-state index contributed by atoms with van der Waals surface area (Å²) >= 11 is 6.96. The summed E-state index contributed by atoms with van der Waals surface area (Å²) in [5, 5.41) is 0. The first-order chi connectivity index (χ1) is 12.7. The van der Waals surface area contributed by atoms with Crippen LogP contribution in [0.3, 0.4) is 0 Å². The van der Waals surface area contributed by atoms with Gasteiger partial charge in [0, 0.05) is 46.8 Å². The standard InChI is InChI=1S/C20H16Br2N4/c21-17-5-1-15(2-6-17)13-25-11-9-23-19(25)20-24-10-12-26(20)14-16-3-7-18(22)8-4-16/h1-12H,13-14H2. The van der Waals surface area contributed by atoms with Gasteiger partial charge in [0.25, 0.3) is 0 Å². The molecule has 0 N–H and O–H groups in total. The SMILES string of the molecule is Brc1ccc(Cn2ccnc2-c2nccn2Cc2ccc(Br)cc2)cc1. The maximum absolute atomic E-state index is 4.55. The summed E-state index contributed by atoms with van der Waals surface area (Å²) < 4.78 is 6.42. The molecule has 0 unspecified atom stereocenters. The first kappa shape index (κ1) is 17.2. The minimum absolute atomic E-state index is 0.758. The molecule has 4 rings (SSSR count). The van der Waals surface area contributed by atoms with Gasteiger partial charge < -0.3 is 9.13 Å². The third-order valence-corrected chi connectivity index (χ3v) is 5.22. The van der Waals surface area contributed by atoms with Crippen LogP contribution < -0.4 is 0 Å². The number of halogens is 2. The normalized spacial score (nSPS) is 11.0. The molecule has 0 spiro atoms. The van der Waals surface area contributed by atoms with Crippen molar-refractivity contribution in [3.05, 3.63) is 93.4 Å². The van der Waals surface area contributed by atoms with Crippen LogP contribution in [0.1, 0.15) is 11.1 Å². The minimum Gasteiger partial charge on any atom is -0.324 e. The highest BCUT2D eigenvalue weighted by Crippen LogP contribution is 2.20. The lowest BCUT2D eigenvalue weighted by Gasteiger charge is -2.11. The van der Waals surface area contributed by atoms with Crippen molar-refractivity contribution in [3.8, 4) is 11.6 Å². The molecular weight excluding hydrogens is 456 g/mol. The zero-order valence-corrected chi connectivity index (χ0v) is 17.1. The number of nitrogens with zero attached hydrogens (tertiary/aromatic N) is 4. The topological polar surface area (TPSA) is 35.6 Å². The molecule has 0 bridgehead atoms. The molecule has 0 atom stereocenters. The van der Waals surface area contributed by atoms with E-state index >= 15 is 0 Å². The van der Waals surface area contributed by atoms with E-state index in [1.807, 2.05) is 24.8 Å². The van der Waals surface area contributed by atoms with Crippen molar-refractivity contribution < 1.29 is 0 Å². The van der Waals surface area contributed by atoms with Crippen molar-refractivity contribution in [2.24, 2.45) is 0 Å². The Kier molecular flexibility index (Phi) is 5.04. The summed E-state index contributed by atoms with van der Waals surface area (Å²) in [5.41, 5.74) is 2.44. The molecular formula is C20H16Br2N4. The Balaban J connectivity index is 1.61. The number of hydrogen-bond donors (Lipinski definition) is 0. The van der Waals surface area contributed by atoms with E-state index < -0.39 is 0 Å². The van der Waals surface area contributed by atoms with Gasteiger partial charge in [-0.15, -0.1) is 0 Å². The third kappa shape index (κ3) is 3.81. The largest absolute Gasteiger partial charge is 0.324 e. The highest BCUT2D eigenvalue weighted by Gasteiger charge is 2.13. The van der Waals surface area contributed by atoms with Crippen LogP contribution >= 0.6 is 31.9 Å². The highest BCUT2D eigenvalue weighted by atomic mass is 79.9. The van der Waals surface area contributed by atoms with Crippen molar-refractivity contribution in [1.29, 1.82) is 0 Å². The van der Waals surface area contributed by atoms with Crippen LogP contribution in [-0.4, -0.2) is 19.1 Å². The van der Waals surface area contributed by atoms with Crippen LogP contribution in [0.5, 0.6) is 0 Å². The van der Waals surface area contributed by atoms with Gasteiger partial charge in [0.1, 0.15) is 0 Å². The Morgan fingerprint density at radius 3 is 1.38 bits per heavy atom. The van der Waals surface area contributed by atoms with E-state index in [0.717, 1.165) is 33.7 Å². The van der Waals surface area contributed by atoms with Gasteiger partial charge in [0.15, 0.2) is 11.6 Å². The van der Waals surface area contributed by atoms with Crippen molar-refractivity contribution in [3.63, 3.8) is 0 Å². The molecule has 2 heterocycles. The fourth-order valence-corrected chi connectivity index (χ4v) is 3.39. The summed E-state index contributed by atoms with van der Waals surface area (Å²) in [6, 6.07) is 16.7. The molecule has 2 aromatic carbocycles. The van der Waals surface area contributed by atoms with Gasteiger partial charge in [0.05, 0.1) is 0 Å². The smallest absolute Gasteiger partial charge is 0.176 e. The highest BCUT2D eigenvalue weighted by molar-refractivity contribution is 9.10. The summed E-state index contributed by atoms with van der Waals surface area (Å²) in [6.45, 7) is 1.52. The van der Waals surface area contributed by atoms with E-state index in [9.17, 15) is 0 Å². The van der Waals surface area contributed by atoms with E-state index in [1.165, 1.54) is 11.1 Å². The molecule has 130 valence electrons. The van der Waals surface area contributed by atoms with Crippen LogP contribution in [-0.2, 0) is 13.1 Å². The number of aromatic nitrogens is 4. The molecule has 0 fully saturated rings. The molecule has 0 aliphatic rings. The molecule has 0 amide bonds. The third-order valence-electron chi connectivity index (χ3n) is 4.16. The van der Waals surface area contributed by atoms with Crippen LogP contribution in [0.4, 0.5) is 0 Å². The predicted octanol–water partition coefficient (Wildman–Crippen LogP) is 5.37. The van der Waals surface area contributed by atoms with Crippen molar-refractivity contribution >= 4 is 31.9 Å². The monoisotopic (exact) mass is 470 g/mol. The number of rotatable bonds is 5. The van der Waals surface area contributed by atoms with Crippen LogP contribution in [0.15, 0.2) is 82.3 Å². The summed E-state index contributed by atoms with van der Waals surface area (Å²) in [4.78, 5) is 9.10. The second-order valence-electron chi connectivity index (χ2n) is 6.01. The summed E-state index contributed by atoms with van der Waals surface area (Å²) in [5.74, 6) is 1.74. The summed E-state index contributed by atoms with van der Waals surface area (Å²) in [6.07, 6.45) is 7.64. The maximum atomic E-state index is 4.55. The van der Waals surface area contributed by atoms with E-state index in [2.05, 4.69) is 99.5 Å². The van der Waals surface area contributed by atoms with Gasteiger partial charge in [-0.05, 0) is 35.4 Å². The lowest BCUT2D eigenvalue weighted by molar-refractivity contribution is 0.760. The van der Waals surface area contributed by atoms with Gasteiger partial charge >= 0.3 is 0 Å². The molecule has 0 saturated carbocycles. The van der Waals surface area contributed by atoms with Crippen molar-refractivity contribution in [1.82, 2.24) is 19.1 Å². The van der Waals surface area contributed by atoms with Crippen LogP contribution in [0, 0.1) is 0 Å². The fraction of sp³-hybridized carbons (Fsp3) is 0.100. The number of imidazole rings is 2. The average Bonchev–Trinajstić information content (AvgIpc) is 3.28. The van der Waals surface area contributed by atoms with Crippen molar-refractivity contribution in [2.75, 3.05) is 0 Å². The molecule has 2 aromatic heterocycles. The fourth-order valence-electron chi connectivity index (χ4n) is 2.86. The molecule has 0 saturated heterocycles. The van der Waals surface area contributed by atoms with E-state index in [1.54, 1.807) is 0 Å². The Hall–Kier alpha value is -2.18. The van der Waals surface area contributed by atoms with Gasteiger partial charge in [-0.25, -0.2) is 9.97 Å². The lowest BCUT2D eigenvalue weighted by atomic mass is 10.2. The Morgan fingerprint density at radius 1 is 0.615 bits per heavy atom. The molecule has 0 aliphatic carbocycles. The van der Waals surface area contributed by atoms with Gasteiger partial charge in [0.2, 0.25) is 0 Å². The Bertz CT molecular complexity index is 917. The van der Waals surface area contributed by atoms with Gasteiger partial charge in [-0.2, -0.15) is 0 Å². The molecule has 6 heteroatoms. The molecule has 26 heavy (non-hydrogen) atoms. The molecule has 0 aliphatic heterocycles. The zero-order valence-electron chi connectivity index (χ0n) is 13.9. The lowest BCUT2D eigenvalue weighted by Crippen LogP contribution is -2.07. The number of benzene rings is 2. The first-order valence-electron chi connectivity index (χ1n) is 8.20. The van der Waals surface area contributed by atoms with Crippen LogP contribution in [0.2, 0.25) is 0 Å². The number of hydrogen-bond acceptors (Lipinski definition) is 2. The van der Waals surface area contributed by atoms with E-state index in [-0.39, 0.29) is 0 Å². The molecule has 0 radical (unpaired) electrons. The van der Waals surface area contributed by atoms with Crippen molar-refractivity contribution in [2.45, 2.75) is 13.1 Å². The van der Waals surface area contributed by atoms with Gasteiger partial charge in [-0.1, -0.05) is 56.1 Å². The Labute approximate surface area is 168 Å². The maximum Gasteiger partial charge on any atom is 0.176 e. The second kappa shape index (κ2) is 7.60. The second-order valence-corrected chi connectivity index (χ2v) is 7.84. The Morgan fingerprint density at radius 2 is 1.00 bits per heavy atom. The zero-order chi connectivity index (χ0) is 17.9. The predicted molar refractivity (Wildman–Crippen MR) is 110 cm³/mol. The first-order valence-corrected chi connectivity index (χ1v) is 9.79. The van der Waals surface area contributed by atoms with Crippen LogP contribution in [0.25, 0.3) is 11.6 Å². The summed E-state index contributed by atoms with van der Waals surface area (Å²) in [7, 11) is 0. The van der Waals surface area contributed by atoms with Gasteiger partial charge in [-0.3, -0.25) is 0 Å². The quantitative estimate of drug-likeness (QED) is 0.392. The van der Waals surface area contributed by atoms with E-state index in [4.69, 9.17) is 0 Å². The molecule has 4 aromatic rings.